The molecule has 0 aromatic heterocycles. The standard InChI is InChI=1S/C12H25N3.HI/c1-10(2)9-15-12(13-3)14-8-4-5-11-6-7-11;/h10-11H,4-9H2,1-3H3,(H2,13,14,15);1H. The molecule has 4 heteroatoms. The Kier molecular flexibility index (Phi) is 9.07. The second kappa shape index (κ2) is 9.07. The van der Waals surface area contributed by atoms with E-state index in [4.69, 9.17) is 0 Å². The second-order valence-electron chi connectivity index (χ2n) is 4.86. The van der Waals surface area contributed by atoms with Crippen molar-refractivity contribution in [2.45, 2.75) is 39.5 Å². The van der Waals surface area contributed by atoms with Gasteiger partial charge in [-0.3, -0.25) is 4.99 Å². The lowest BCUT2D eigenvalue weighted by Gasteiger charge is -2.13. The summed E-state index contributed by atoms with van der Waals surface area (Å²) in [5.41, 5.74) is 0. The maximum atomic E-state index is 4.19. The van der Waals surface area contributed by atoms with Crippen molar-refractivity contribution >= 4 is 29.9 Å². The quantitative estimate of drug-likeness (QED) is 0.338. The molecule has 3 nitrogen and oxygen atoms in total. The van der Waals surface area contributed by atoms with Crippen LogP contribution in [0, 0.1) is 11.8 Å². The molecule has 0 radical (unpaired) electrons. The fourth-order valence-corrected chi connectivity index (χ4v) is 1.53. The van der Waals surface area contributed by atoms with Gasteiger partial charge in [0.15, 0.2) is 5.96 Å². The minimum Gasteiger partial charge on any atom is -0.356 e. The molecule has 0 amide bonds. The third kappa shape index (κ3) is 8.19. The summed E-state index contributed by atoms with van der Waals surface area (Å²) >= 11 is 0. The predicted molar refractivity (Wildman–Crippen MR) is 81.6 cm³/mol. The van der Waals surface area contributed by atoms with Gasteiger partial charge in [-0.2, -0.15) is 0 Å². The van der Waals surface area contributed by atoms with Crippen molar-refractivity contribution in [1.29, 1.82) is 0 Å². The Morgan fingerprint density at radius 2 is 2.00 bits per heavy atom. The highest BCUT2D eigenvalue weighted by atomic mass is 127. The van der Waals surface area contributed by atoms with Crippen molar-refractivity contribution in [3.8, 4) is 0 Å². The first-order valence-corrected chi connectivity index (χ1v) is 6.17. The molecule has 0 aliphatic heterocycles. The lowest BCUT2D eigenvalue weighted by molar-refractivity contribution is 0.605. The van der Waals surface area contributed by atoms with Crippen molar-refractivity contribution in [3.05, 3.63) is 0 Å². The Morgan fingerprint density at radius 3 is 2.50 bits per heavy atom. The topological polar surface area (TPSA) is 36.4 Å². The average molecular weight is 339 g/mol. The van der Waals surface area contributed by atoms with Crippen LogP contribution in [-0.2, 0) is 0 Å². The fraction of sp³-hybridized carbons (Fsp3) is 0.917. The average Bonchev–Trinajstić information content (AvgIpc) is 3.00. The van der Waals surface area contributed by atoms with E-state index < -0.39 is 0 Å². The third-order valence-corrected chi connectivity index (χ3v) is 2.68. The first kappa shape index (κ1) is 16.0. The van der Waals surface area contributed by atoms with Crippen LogP contribution in [0.15, 0.2) is 4.99 Å². The number of guanidine groups is 1. The minimum absolute atomic E-state index is 0. The smallest absolute Gasteiger partial charge is 0.190 e. The molecule has 0 aromatic rings. The van der Waals surface area contributed by atoms with Crippen molar-refractivity contribution < 1.29 is 0 Å². The van der Waals surface area contributed by atoms with Crippen molar-refractivity contribution in [2.75, 3.05) is 20.1 Å². The summed E-state index contributed by atoms with van der Waals surface area (Å²) in [6, 6.07) is 0. The molecule has 1 fully saturated rings. The molecular weight excluding hydrogens is 313 g/mol. The molecule has 16 heavy (non-hydrogen) atoms. The van der Waals surface area contributed by atoms with E-state index in [1.54, 1.807) is 0 Å². The number of hydrogen-bond donors (Lipinski definition) is 2. The van der Waals surface area contributed by atoms with Gasteiger partial charge < -0.3 is 10.6 Å². The van der Waals surface area contributed by atoms with E-state index in [1.165, 1.54) is 25.7 Å². The molecule has 2 N–H and O–H groups in total. The van der Waals surface area contributed by atoms with Crippen molar-refractivity contribution in [2.24, 2.45) is 16.8 Å². The van der Waals surface area contributed by atoms with Gasteiger partial charge >= 0.3 is 0 Å². The number of aliphatic imine (C=N–C) groups is 1. The first-order valence-electron chi connectivity index (χ1n) is 6.17. The molecular formula is C12H26IN3. The zero-order chi connectivity index (χ0) is 11.1. The van der Waals surface area contributed by atoms with Gasteiger partial charge in [0.2, 0.25) is 0 Å². The van der Waals surface area contributed by atoms with Gasteiger partial charge in [0.25, 0.3) is 0 Å². The normalized spacial score (nSPS) is 15.9. The molecule has 0 atom stereocenters. The van der Waals surface area contributed by atoms with Crippen LogP contribution >= 0.6 is 24.0 Å². The Labute approximate surface area is 117 Å². The van der Waals surface area contributed by atoms with E-state index in [1.807, 2.05) is 7.05 Å². The van der Waals surface area contributed by atoms with Gasteiger partial charge in [-0.05, 0) is 24.7 Å². The molecule has 1 aliphatic rings. The van der Waals surface area contributed by atoms with Crippen LogP contribution in [0.1, 0.15) is 39.5 Å². The van der Waals surface area contributed by atoms with Gasteiger partial charge in [0.1, 0.15) is 0 Å². The highest BCUT2D eigenvalue weighted by Crippen LogP contribution is 2.33. The van der Waals surface area contributed by atoms with Gasteiger partial charge in [0.05, 0.1) is 0 Å². The first-order chi connectivity index (χ1) is 7.22. The molecule has 96 valence electrons. The lowest BCUT2D eigenvalue weighted by atomic mass is 10.2. The number of nitrogens with zero attached hydrogens (tertiary/aromatic N) is 1. The predicted octanol–water partition coefficient (Wildman–Crippen LogP) is 2.62. The molecule has 1 rings (SSSR count). The molecule has 0 bridgehead atoms. The summed E-state index contributed by atoms with van der Waals surface area (Å²) in [5.74, 6) is 2.65. The van der Waals surface area contributed by atoms with E-state index in [9.17, 15) is 0 Å². The molecule has 0 heterocycles. The fourth-order valence-electron chi connectivity index (χ4n) is 1.53. The largest absolute Gasteiger partial charge is 0.356 e. The summed E-state index contributed by atoms with van der Waals surface area (Å²) in [6.45, 7) is 6.44. The SMILES string of the molecule is CN=C(NCCCC1CC1)NCC(C)C.I. The highest BCUT2D eigenvalue weighted by molar-refractivity contribution is 14.0. The van der Waals surface area contributed by atoms with Crippen LogP contribution in [0.4, 0.5) is 0 Å². The van der Waals surface area contributed by atoms with Crippen LogP contribution < -0.4 is 10.6 Å². The van der Waals surface area contributed by atoms with Gasteiger partial charge in [0, 0.05) is 20.1 Å². The molecule has 0 unspecified atom stereocenters. The maximum absolute atomic E-state index is 4.19. The maximum Gasteiger partial charge on any atom is 0.190 e. The zero-order valence-corrected chi connectivity index (χ0v) is 13.1. The monoisotopic (exact) mass is 339 g/mol. The molecule has 1 saturated carbocycles. The van der Waals surface area contributed by atoms with E-state index >= 15 is 0 Å². The van der Waals surface area contributed by atoms with Crippen LogP contribution in [0.5, 0.6) is 0 Å². The number of hydrogen-bond acceptors (Lipinski definition) is 1. The van der Waals surface area contributed by atoms with Crippen LogP contribution in [0.2, 0.25) is 0 Å². The third-order valence-electron chi connectivity index (χ3n) is 2.68. The molecule has 1 aliphatic carbocycles. The Morgan fingerprint density at radius 1 is 1.31 bits per heavy atom. The van der Waals surface area contributed by atoms with Crippen molar-refractivity contribution in [1.82, 2.24) is 10.6 Å². The van der Waals surface area contributed by atoms with Crippen LogP contribution in [0.3, 0.4) is 0 Å². The number of nitrogens with one attached hydrogen (secondary N) is 2. The number of halogens is 1. The summed E-state index contributed by atoms with van der Waals surface area (Å²) in [4.78, 5) is 4.19. The van der Waals surface area contributed by atoms with E-state index in [0.29, 0.717) is 5.92 Å². The van der Waals surface area contributed by atoms with E-state index in [0.717, 1.165) is 25.0 Å². The van der Waals surface area contributed by atoms with Crippen molar-refractivity contribution in [3.63, 3.8) is 0 Å². The number of rotatable bonds is 6. The van der Waals surface area contributed by atoms with Crippen LogP contribution in [0.25, 0.3) is 0 Å². The summed E-state index contributed by atoms with van der Waals surface area (Å²) < 4.78 is 0. The van der Waals surface area contributed by atoms with Gasteiger partial charge in [-0.25, -0.2) is 0 Å². The van der Waals surface area contributed by atoms with E-state index in [2.05, 4.69) is 29.5 Å². The lowest BCUT2D eigenvalue weighted by Crippen LogP contribution is -2.39. The second-order valence-corrected chi connectivity index (χ2v) is 4.86. The van der Waals surface area contributed by atoms with Gasteiger partial charge in [-0.15, -0.1) is 24.0 Å². The summed E-state index contributed by atoms with van der Waals surface area (Å²) in [6.07, 6.45) is 5.57. The molecule has 0 aromatic carbocycles. The minimum atomic E-state index is 0. The Balaban J connectivity index is 0.00000225. The van der Waals surface area contributed by atoms with Gasteiger partial charge in [-0.1, -0.05) is 26.7 Å². The summed E-state index contributed by atoms with van der Waals surface area (Å²) in [7, 11) is 1.83. The highest BCUT2D eigenvalue weighted by Gasteiger charge is 2.19. The Hall–Kier alpha value is 0. The van der Waals surface area contributed by atoms with E-state index in [-0.39, 0.29) is 24.0 Å². The molecule has 0 saturated heterocycles. The molecule has 0 spiro atoms. The van der Waals surface area contributed by atoms with Crippen LogP contribution in [-0.4, -0.2) is 26.1 Å². The zero-order valence-electron chi connectivity index (χ0n) is 10.8. The summed E-state index contributed by atoms with van der Waals surface area (Å²) in [5, 5.41) is 6.66. The Bertz CT molecular complexity index is 200.